The molecule has 114 valence electrons. The number of piperidine rings is 1. The van der Waals surface area contributed by atoms with E-state index in [0.717, 1.165) is 31.0 Å². The Morgan fingerprint density at radius 3 is 2.48 bits per heavy atom. The second-order valence-electron chi connectivity index (χ2n) is 7.32. The molecule has 21 heavy (non-hydrogen) atoms. The van der Waals surface area contributed by atoms with Crippen molar-refractivity contribution < 1.29 is 0 Å². The predicted octanol–water partition coefficient (Wildman–Crippen LogP) is 2.59. The van der Waals surface area contributed by atoms with Crippen molar-refractivity contribution in [1.29, 1.82) is 0 Å². The maximum atomic E-state index is 6.27. The van der Waals surface area contributed by atoms with Gasteiger partial charge in [-0.05, 0) is 62.7 Å². The number of hydrogen-bond acceptors (Lipinski definition) is 3. The van der Waals surface area contributed by atoms with Crippen molar-refractivity contribution in [2.75, 3.05) is 13.6 Å². The fourth-order valence-electron chi connectivity index (χ4n) is 4.87. The van der Waals surface area contributed by atoms with Crippen LogP contribution < -0.4 is 11.1 Å². The van der Waals surface area contributed by atoms with Crippen molar-refractivity contribution in [2.24, 2.45) is 11.7 Å². The van der Waals surface area contributed by atoms with Gasteiger partial charge in [-0.15, -0.1) is 0 Å². The van der Waals surface area contributed by atoms with Gasteiger partial charge in [0.25, 0.3) is 0 Å². The summed E-state index contributed by atoms with van der Waals surface area (Å²) in [4.78, 5) is 2.62. The molecule has 3 aliphatic rings. The average molecular weight is 285 g/mol. The van der Waals surface area contributed by atoms with E-state index in [-0.39, 0.29) is 6.04 Å². The Bertz CT molecular complexity index is 501. The summed E-state index contributed by atoms with van der Waals surface area (Å²) in [5.41, 5.74) is 9.05. The van der Waals surface area contributed by atoms with E-state index in [2.05, 4.69) is 41.5 Å². The van der Waals surface area contributed by atoms with Gasteiger partial charge >= 0.3 is 0 Å². The van der Waals surface area contributed by atoms with Crippen LogP contribution in [0.25, 0.3) is 0 Å². The highest BCUT2D eigenvalue weighted by Crippen LogP contribution is 2.39. The van der Waals surface area contributed by atoms with E-state index in [1.807, 2.05) is 0 Å². The molecule has 2 fully saturated rings. The Kier molecular flexibility index (Phi) is 3.52. The number of rotatable bonds is 3. The zero-order valence-corrected chi connectivity index (χ0v) is 13.0. The lowest BCUT2D eigenvalue weighted by Gasteiger charge is -2.36. The summed E-state index contributed by atoms with van der Waals surface area (Å²) >= 11 is 0. The summed E-state index contributed by atoms with van der Waals surface area (Å²) in [7, 11) is 2.32. The van der Waals surface area contributed by atoms with Crippen LogP contribution in [0.4, 0.5) is 0 Å². The number of nitrogens with two attached hydrogens (primary N) is 1. The maximum Gasteiger partial charge on any atom is 0.0341 e. The van der Waals surface area contributed by atoms with Crippen LogP contribution in [0, 0.1) is 5.92 Å². The van der Waals surface area contributed by atoms with Crippen molar-refractivity contribution in [2.45, 2.75) is 56.3 Å². The zero-order chi connectivity index (χ0) is 14.4. The number of nitrogens with one attached hydrogen (secondary N) is 1. The van der Waals surface area contributed by atoms with E-state index in [1.165, 1.54) is 36.8 Å². The van der Waals surface area contributed by atoms with Gasteiger partial charge in [0.05, 0.1) is 0 Å². The van der Waals surface area contributed by atoms with Crippen LogP contribution in [0.15, 0.2) is 24.3 Å². The van der Waals surface area contributed by atoms with Crippen molar-refractivity contribution in [3.05, 3.63) is 35.4 Å². The molecule has 3 N–H and O–H groups in total. The van der Waals surface area contributed by atoms with Gasteiger partial charge in [-0.1, -0.05) is 24.3 Å². The third-order valence-electron chi connectivity index (χ3n) is 6.11. The molecule has 1 aliphatic carbocycles. The molecule has 2 saturated heterocycles. The lowest BCUT2D eigenvalue weighted by molar-refractivity contribution is 0.131. The first-order valence-electron chi connectivity index (χ1n) is 8.52. The van der Waals surface area contributed by atoms with Crippen LogP contribution in [0.1, 0.15) is 55.3 Å². The molecule has 4 unspecified atom stereocenters. The highest BCUT2D eigenvalue weighted by atomic mass is 15.2. The van der Waals surface area contributed by atoms with E-state index < -0.39 is 0 Å². The first kappa shape index (κ1) is 13.7. The average Bonchev–Trinajstić information content (AvgIpc) is 2.91. The minimum absolute atomic E-state index is 0.215. The summed E-state index contributed by atoms with van der Waals surface area (Å²) < 4.78 is 0. The summed E-state index contributed by atoms with van der Waals surface area (Å²) in [6, 6.07) is 11.1. The Labute approximate surface area is 127 Å². The van der Waals surface area contributed by atoms with Gasteiger partial charge in [-0.25, -0.2) is 0 Å². The summed E-state index contributed by atoms with van der Waals surface area (Å²) in [5.74, 6) is 0.850. The van der Waals surface area contributed by atoms with E-state index in [1.54, 1.807) is 0 Å². The molecule has 0 aromatic heterocycles. The largest absolute Gasteiger partial charge is 0.324 e. The summed E-state index contributed by atoms with van der Waals surface area (Å²) in [6.45, 7) is 1.16. The number of hydrogen-bond donors (Lipinski definition) is 2. The number of fused-ring (bicyclic) bond motifs is 3. The monoisotopic (exact) mass is 285 g/mol. The highest BCUT2D eigenvalue weighted by molar-refractivity contribution is 5.37. The predicted molar refractivity (Wildman–Crippen MR) is 86.0 cm³/mol. The van der Waals surface area contributed by atoms with Crippen LogP contribution in [0.2, 0.25) is 0 Å². The van der Waals surface area contributed by atoms with Crippen LogP contribution in [-0.4, -0.2) is 30.6 Å². The zero-order valence-electron chi connectivity index (χ0n) is 13.0. The third kappa shape index (κ3) is 2.41. The van der Waals surface area contributed by atoms with E-state index in [4.69, 9.17) is 5.73 Å². The highest BCUT2D eigenvalue weighted by Gasteiger charge is 2.38. The molecule has 0 amide bonds. The normalized spacial score (nSPS) is 38.7. The van der Waals surface area contributed by atoms with Gasteiger partial charge < -0.3 is 16.0 Å². The van der Waals surface area contributed by atoms with Crippen molar-refractivity contribution in [3.63, 3.8) is 0 Å². The smallest absolute Gasteiger partial charge is 0.0341 e. The first-order valence-corrected chi connectivity index (χ1v) is 8.52. The molecular formula is C18H27N3. The van der Waals surface area contributed by atoms with Gasteiger partial charge in [0.2, 0.25) is 0 Å². The molecule has 2 bridgehead atoms. The van der Waals surface area contributed by atoms with Crippen molar-refractivity contribution >= 4 is 0 Å². The minimum atomic E-state index is 0.215. The van der Waals surface area contributed by atoms with Crippen LogP contribution in [-0.2, 0) is 0 Å². The second kappa shape index (κ2) is 5.38. The van der Waals surface area contributed by atoms with Crippen LogP contribution in [0.3, 0.4) is 0 Å². The molecule has 0 radical (unpaired) electrons. The minimum Gasteiger partial charge on any atom is -0.324 e. The number of nitrogens with zero attached hydrogens (tertiary/aromatic N) is 1. The molecule has 4 rings (SSSR count). The summed E-state index contributed by atoms with van der Waals surface area (Å²) in [5, 5.41) is 3.82. The molecule has 4 atom stereocenters. The van der Waals surface area contributed by atoms with E-state index >= 15 is 0 Å². The molecule has 1 aromatic rings. The molecular weight excluding hydrogens is 258 g/mol. The van der Waals surface area contributed by atoms with Crippen LogP contribution in [0.5, 0.6) is 0 Å². The Balaban J connectivity index is 1.38. The Hall–Kier alpha value is -0.900. The standard InChI is InChI=1S/C18H27N3/c1-21-13-6-7-14(21)9-12(8-13)11-20-18-10-17(19)15-4-2-3-5-16(15)18/h2-5,12-14,17-18,20H,6-11,19H2,1H3. The summed E-state index contributed by atoms with van der Waals surface area (Å²) in [6.07, 6.45) is 6.63. The lowest BCUT2D eigenvalue weighted by atomic mass is 9.90. The van der Waals surface area contributed by atoms with Crippen molar-refractivity contribution in [3.8, 4) is 0 Å². The number of benzene rings is 1. The second-order valence-corrected chi connectivity index (χ2v) is 7.32. The quantitative estimate of drug-likeness (QED) is 0.897. The van der Waals surface area contributed by atoms with E-state index in [9.17, 15) is 0 Å². The van der Waals surface area contributed by atoms with Crippen molar-refractivity contribution in [1.82, 2.24) is 10.2 Å². The van der Waals surface area contributed by atoms with E-state index in [0.29, 0.717) is 6.04 Å². The Morgan fingerprint density at radius 1 is 1.10 bits per heavy atom. The topological polar surface area (TPSA) is 41.3 Å². The Morgan fingerprint density at radius 2 is 1.76 bits per heavy atom. The maximum absolute atomic E-state index is 6.27. The first-order chi connectivity index (χ1) is 10.2. The van der Waals surface area contributed by atoms with Gasteiger partial charge in [-0.2, -0.15) is 0 Å². The fourth-order valence-corrected chi connectivity index (χ4v) is 4.87. The molecule has 0 spiro atoms. The molecule has 2 heterocycles. The van der Waals surface area contributed by atoms with Gasteiger partial charge in [-0.3, -0.25) is 0 Å². The third-order valence-corrected chi connectivity index (χ3v) is 6.11. The fraction of sp³-hybridized carbons (Fsp3) is 0.667. The lowest BCUT2D eigenvalue weighted by Crippen LogP contribution is -2.42. The van der Waals surface area contributed by atoms with Gasteiger partial charge in [0.15, 0.2) is 0 Å². The SMILES string of the molecule is CN1C2CCC1CC(CNC1CC(N)c3ccccc31)C2. The molecule has 3 heteroatoms. The van der Waals surface area contributed by atoms with Crippen LogP contribution >= 0.6 is 0 Å². The molecule has 0 saturated carbocycles. The molecule has 1 aromatic carbocycles. The molecule has 2 aliphatic heterocycles. The van der Waals surface area contributed by atoms with Gasteiger partial charge in [0.1, 0.15) is 0 Å². The van der Waals surface area contributed by atoms with Gasteiger partial charge in [0, 0.05) is 24.2 Å². The molecule has 3 nitrogen and oxygen atoms in total.